The first kappa shape index (κ1) is 14.6. The Morgan fingerprint density at radius 1 is 1.63 bits per heavy atom. The summed E-state index contributed by atoms with van der Waals surface area (Å²) in [6.45, 7) is 2.52. The summed E-state index contributed by atoms with van der Waals surface area (Å²) in [7, 11) is 0. The molecule has 1 aromatic rings. The number of piperazine rings is 1. The summed E-state index contributed by atoms with van der Waals surface area (Å²) < 4.78 is 0.992. The molecule has 5 nitrogen and oxygen atoms in total. The fraction of sp³-hybridized carbons (Fsp3) is 0.500. The van der Waals surface area contributed by atoms with Crippen molar-refractivity contribution in [1.82, 2.24) is 10.2 Å². The second-order valence-electron chi connectivity index (χ2n) is 4.43. The maximum absolute atomic E-state index is 11.9. The molecule has 0 aliphatic carbocycles. The van der Waals surface area contributed by atoms with Gasteiger partial charge in [0.05, 0.1) is 18.6 Å². The Balaban J connectivity index is 2.29. The van der Waals surface area contributed by atoms with Crippen LogP contribution in [-0.4, -0.2) is 35.8 Å². The Hall–Kier alpha value is -0.760. The number of amides is 2. The number of nitrogens with zero attached hydrogens (tertiary/aromatic N) is 1. The highest BCUT2D eigenvalue weighted by Gasteiger charge is 2.37. The van der Waals surface area contributed by atoms with Crippen molar-refractivity contribution in [3.05, 3.63) is 20.8 Å². The molecule has 0 spiro atoms. The molecular weight excluding hydrogens is 330 g/mol. The third-order valence-electron chi connectivity index (χ3n) is 3.22. The zero-order valence-electron chi connectivity index (χ0n) is 10.6. The van der Waals surface area contributed by atoms with Crippen LogP contribution < -0.4 is 11.1 Å². The minimum Gasteiger partial charge on any atom is -0.329 e. The molecule has 104 valence electrons. The molecule has 1 aliphatic heterocycles. The number of carbonyl (C=O) groups excluding carboxylic acids is 2. The Bertz CT molecular complexity index is 491. The van der Waals surface area contributed by atoms with Crippen molar-refractivity contribution in [3.63, 3.8) is 0 Å². The van der Waals surface area contributed by atoms with Gasteiger partial charge in [-0.1, -0.05) is 6.92 Å². The van der Waals surface area contributed by atoms with Crippen LogP contribution >= 0.6 is 27.3 Å². The van der Waals surface area contributed by atoms with Crippen LogP contribution in [0.25, 0.3) is 0 Å². The van der Waals surface area contributed by atoms with E-state index in [-0.39, 0.29) is 30.4 Å². The van der Waals surface area contributed by atoms with Crippen molar-refractivity contribution in [2.75, 3.05) is 13.1 Å². The van der Waals surface area contributed by atoms with E-state index in [1.54, 1.807) is 11.3 Å². The zero-order chi connectivity index (χ0) is 14.0. The Labute approximate surface area is 124 Å². The monoisotopic (exact) mass is 345 g/mol. The largest absolute Gasteiger partial charge is 0.329 e. The molecule has 0 radical (unpaired) electrons. The van der Waals surface area contributed by atoms with Crippen LogP contribution in [-0.2, 0) is 9.59 Å². The van der Waals surface area contributed by atoms with E-state index in [1.165, 1.54) is 0 Å². The number of rotatable bonds is 4. The summed E-state index contributed by atoms with van der Waals surface area (Å²) in [6, 6.07) is 1.59. The topological polar surface area (TPSA) is 75.4 Å². The van der Waals surface area contributed by atoms with E-state index >= 15 is 0 Å². The van der Waals surface area contributed by atoms with E-state index in [0.717, 1.165) is 9.35 Å². The van der Waals surface area contributed by atoms with E-state index in [9.17, 15) is 9.59 Å². The molecule has 2 atom stereocenters. The van der Waals surface area contributed by atoms with Crippen LogP contribution in [0.4, 0.5) is 0 Å². The Morgan fingerprint density at radius 3 is 2.89 bits per heavy atom. The second kappa shape index (κ2) is 6.13. The van der Waals surface area contributed by atoms with Crippen LogP contribution in [0.2, 0.25) is 0 Å². The number of halogens is 1. The molecule has 1 aliphatic rings. The van der Waals surface area contributed by atoms with Gasteiger partial charge in [-0.15, -0.1) is 11.3 Å². The van der Waals surface area contributed by atoms with Gasteiger partial charge in [0.15, 0.2) is 0 Å². The summed E-state index contributed by atoms with van der Waals surface area (Å²) >= 11 is 4.99. The minimum atomic E-state index is -0.299. The number of nitrogens with one attached hydrogen (secondary N) is 1. The van der Waals surface area contributed by atoms with E-state index in [2.05, 4.69) is 21.2 Å². The van der Waals surface area contributed by atoms with Gasteiger partial charge in [-0.3, -0.25) is 19.8 Å². The SMILES string of the molecule is CCC1C(=O)NC(=O)CN1C(CN)c1cc(Br)cs1. The third-order valence-corrected chi connectivity index (χ3v) is 5.01. The first-order valence-electron chi connectivity index (χ1n) is 6.10. The molecule has 2 unspecified atom stereocenters. The highest BCUT2D eigenvalue weighted by Crippen LogP contribution is 2.31. The van der Waals surface area contributed by atoms with Crippen LogP contribution in [0.1, 0.15) is 24.3 Å². The third kappa shape index (κ3) is 3.05. The molecule has 1 fully saturated rings. The lowest BCUT2D eigenvalue weighted by Crippen LogP contribution is -2.59. The van der Waals surface area contributed by atoms with E-state index in [1.807, 2.05) is 23.3 Å². The number of hydrogen-bond donors (Lipinski definition) is 2. The number of imide groups is 1. The lowest BCUT2D eigenvalue weighted by Gasteiger charge is -2.38. The molecule has 3 N–H and O–H groups in total. The molecule has 7 heteroatoms. The van der Waals surface area contributed by atoms with Gasteiger partial charge in [-0.05, 0) is 28.4 Å². The van der Waals surface area contributed by atoms with Gasteiger partial charge < -0.3 is 5.73 Å². The summed E-state index contributed by atoms with van der Waals surface area (Å²) in [5, 5.41) is 4.36. The highest BCUT2D eigenvalue weighted by molar-refractivity contribution is 9.10. The summed E-state index contributed by atoms with van der Waals surface area (Å²) in [4.78, 5) is 26.4. The van der Waals surface area contributed by atoms with Gasteiger partial charge >= 0.3 is 0 Å². The maximum atomic E-state index is 11.9. The summed E-state index contributed by atoms with van der Waals surface area (Å²) in [5.74, 6) is -0.489. The first-order chi connectivity index (χ1) is 9.06. The number of hydrogen-bond acceptors (Lipinski definition) is 5. The molecule has 0 saturated carbocycles. The van der Waals surface area contributed by atoms with Gasteiger partial charge in [0, 0.05) is 21.3 Å². The molecule has 2 amide bonds. The molecule has 0 aromatic carbocycles. The number of nitrogens with two attached hydrogens (primary N) is 1. The standard InChI is InChI=1S/C12H16BrN3O2S/c1-2-8-12(18)15-11(17)5-16(8)9(4-14)10-3-7(13)6-19-10/h3,6,8-9H,2,4-5,14H2,1H3,(H,15,17,18). The van der Waals surface area contributed by atoms with Crippen molar-refractivity contribution in [2.24, 2.45) is 5.73 Å². The average molecular weight is 346 g/mol. The summed E-state index contributed by atoms with van der Waals surface area (Å²) in [6.07, 6.45) is 0.655. The summed E-state index contributed by atoms with van der Waals surface area (Å²) in [5.41, 5.74) is 5.86. The molecule has 2 rings (SSSR count). The van der Waals surface area contributed by atoms with Crippen molar-refractivity contribution in [1.29, 1.82) is 0 Å². The molecule has 1 aromatic heterocycles. The minimum absolute atomic E-state index is 0.101. The Kier molecular flexibility index (Phi) is 4.72. The predicted octanol–water partition coefficient (Wildman–Crippen LogP) is 1.25. The zero-order valence-corrected chi connectivity index (χ0v) is 13.0. The number of carbonyl (C=O) groups is 2. The van der Waals surface area contributed by atoms with Crippen LogP contribution in [0.15, 0.2) is 15.9 Å². The van der Waals surface area contributed by atoms with Crippen molar-refractivity contribution in [2.45, 2.75) is 25.4 Å². The fourth-order valence-corrected chi connectivity index (χ4v) is 3.93. The van der Waals surface area contributed by atoms with Gasteiger partial charge in [0.2, 0.25) is 11.8 Å². The first-order valence-corrected chi connectivity index (χ1v) is 7.77. The van der Waals surface area contributed by atoms with Crippen molar-refractivity contribution < 1.29 is 9.59 Å². The Morgan fingerprint density at radius 2 is 2.37 bits per heavy atom. The van der Waals surface area contributed by atoms with Crippen LogP contribution in [0.3, 0.4) is 0 Å². The van der Waals surface area contributed by atoms with E-state index in [4.69, 9.17) is 5.73 Å². The van der Waals surface area contributed by atoms with Gasteiger partial charge in [0.25, 0.3) is 0 Å². The van der Waals surface area contributed by atoms with E-state index < -0.39 is 0 Å². The second-order valence-corrected chi connectivity index (χ2v) is 6.29. The maximum Gasteiger partial charge on any atom is 0.243 e. The molecule has 19 heavy (non-hydrogen) atoms. The lowest BCUT2D eigenvalue weighted by molar-refractivity contribution is -0.141. The van der Waals surface area contributed by atoms with E-state index in [0.29, 0.717) is 13.0 Å². The fourth-order valence-electron chi connectivity index (χ4n) is 2.35. The van der Waals surface area contributed by atoms with Crippen LogP contribution in [0, 0.1) is 0 Å². The highest BCUT2D eigenvalue weighted by atomic mass is 79.9. The predicted molar refractivity (Wildman–Crippen MR) is 77.7 cm³/mol. The molecule has 2 heterocycles. The van der Waals surface area contributed by atoms with Gasteiger partial charge in [-0.25, -0.2) is 0 Å². The van der Waals surface area contributed by atoms with Crippen molar-refractivity contribution >= 4 is 39.1 Å². The smallest absolute Gasteiger partial charge is 0.243 e. The van der Waals surface area contributed by atoms with Crippen LogP contribution in [0.5, 0.6) is 0 Å². The molecule has 0 bridgehead atoms. The molecule has 1 saturated heterocycles. The average Bonchev–Trinajstić information content (AvgIpc) is 2.76. The lowest BCUT2D eigenvalue weighted by atomic mass is 10.0. The molecular formula is C12H16BrN3O2S. The normalized spacial score (nSPS) is 22.4. The van der Waals surface area contributed by atoms with Gasteiger partial charge in [0.1, 0.15) is 0 Å². The quantitative estimate of drug-likeness (QED) is 0.805. The van der Waals surface area contributed by atoms with Crippen molar-refractivity contribution in [3.8, 4) is 0 Å². The van der Waals surface area contributed by atoms with Gasteiger partial charge in [-0.2, -0.15) is 0 Å². The number of thiophene rings is 1.